The van der Waals surface area contributed by atoms with Gasteiger partial charge in [-0.15, -0.1) is 0 Å². The molecule has 0 radical (unpaired) electrons. The van der Waals surface area contributed by atoms with E-state index in [0.717, 1.165) is 11.3 Å². The number of methoxy groups -OCH3 is 1. The van der Waals surface area contributed by atoms with Gasteiger partial charge in [0, 0.05) is 48.6 Å². The number of halogens is 3. The molecule has 2 saturated heterocycles. The van der Waals surface area contributed by atoms with Crippen LogP contribution in [0, 0.1) is 5.92 Å². The fraction of sp³-hybridized carbons (Fsp3) is 0.444. The van der Waals surface area contributed by atoms with Gasteiger partial charge in [0.1, 0.15) is 23.9 Å². The molecular formula is C27H29F3N6O4S. The van der Waals surface area contributed by atoms with Gasteiger partial charge in [0.25, 0.3) is 11.8 Å². The molecule has 0 atom stereocenters. The van der Waals surface area contributed by atoms with Gasteiger partial charge in [-0.1, -0.05) is 11.3 Å². The monoisotopic (exact) mass is 590 g/mol. The van der Waals surface area contributed by atoms with Crippen molar-refractivity contribution in [3.63, 3.8) is 0 Å². The minimum atomic E-state index is -2.76. The van der Waals surface area contributed by atoms with E-state index in [1.807, 2.05) is 4.90 Å². The number of likely N-dealkylation sites (tertiary alicyclic amines) is 1. The highest BCUT2D eigenvalue weighted by Gasteiger charge is 2.38. The second kappa shape index (κ2) is 12.0. The molecule has 2 fully saturated rings. The normalized spacial score (nSPS) is 17.5. The number of alkyl halides is 3. The summed E-state index contributed by atoms with van der Waals surface area (Å²) in [6, 6.07) is 4.94. The van der Waals surface area contributed by atoms with E-state index in [4.69, 9.17) is 4.74 Å². The quantitative estimate of drug-likeness (QED) is 0.372. The minimum absolute atomic E-state index is 0.0517. The molecule has 1 aromatic carbocycles. The van der Waals surface area contributed by atoms with Crippen molar-refractivity contribution < 1.29 is 32.6 Å². The number of rotatable bonds is 9. The Labute approximate surface area is 238 Å². The van der Waals surface area contributed by atoms with Crippen LogP contribution in [0.2, 0.25) is 0 Å². The number of carbonyl (C=O) groups excluding carboxylic acids is 1. The summed E-state index contributed by atoms with van der Waals surface area (Å²) >= 11 is 1.16. The lowest BCUT2D eigenvalue weighted by Crippen LogP contribution is -2.36. The average molecular weight is 591 g/mol. The third kappa shape index (κ3) is 6.59. The number of thiazole rings is 1. The maximum absolute atomic E-state index is 13.9. The number of ether oxygens (including phenoxy) is 1. The summed E-state index contributed by atoms with van der Waals surface area (Å²) in [5.74, 6) is -3.55. The van der Waals surface area contributed by atoms with Crippen LogP contribution in [0.5, 0.6) is 5.75 Å². The van der Waals surface area contributed by atoms with Crippen LogP contribution in [-0.4, -0.2) is 76.0 Å². The summed E-state index contributed by atoms with van der Waals surface area (Å²) < 4.78 is 46.6. The van der Waals surface area contributed by atoms with E-state index < -0.39 is 24.5 Å². The number of aliphatic carboxylic acids is 1. The SMILES string of the molecule is COc1ccc(-c2nc(NC(=O)c3cnc(N4CCC(C(=O)O)CC4)cn3)sc2CN2CCC(F)(F)C2)cc1CF. The molecule has 4 heterocycles. The third-order valence-corrected chi connectivity index (χ3v) is 8.23. The Bertz CT molecular complexity index is 1410. The van der Waals surface area contributed by atoms with Crippen molar-refractivity contribution in [1.82, 2.24) is 19.9 Å². The second-order valence-corrected chi connectivity index (χ2v) is 11.2. The maximum atomic E-state index is 13.9. The first-order valence-corrected chi connectivity index (χ1v) is 13.9. The zero-order valence-electron chi connectivity index (χ0n) is 22.3. The van der Waals surface area contributed by atoms with E-state index >= 15 is 0 Å². The molecule has 5 rings (SSSR count). The maximum Gasteiger partial charge on any atom is 0.306 e. The molecule has 0 spiro atoms. The molecule has 1 amide bonds. The van der Waals surface area contributed by atoms with Crippen molar-refractivity contribution in [2.45, 2.75) is 38.4 Å². The minimum Gasteiger partial charge on any atom is -0.496 e. The zero-order valence-corrected chi connectivity index (χ0v) is 23.1. The van der Waals surface area contributed by atoms with Crippen molar-refractivity contribution in [3.05, 3.63) is 46.7 Å². The summed E-state index contributed by atoms with van der Waals surface area (Å²) in [6.45, 7) is 0.342. The first-order chi connectivity index (χ1) is 19.7. The lowest BCUT2D eigenvalue weighted by Gasteiger charge is -2.30. The molecular weight excluding hydrogens is 561 g/mol. The van der Waals surface area contributed by atoms with E-state index in [-0.39, 0.29) is 42.8 Å². The van der Waals surface area contributed by atoms with E-state index in [2.05, 4.69) is 20.3 Å². The summed E-state index contributed by atoms with van der Waals surface area (Å²) in [5.41, 5.74) is 1.41. The van der Waals surface area contributed by atoms with Crippen LogP contribution in [-0.2, 0) is 18.0 Å². The Morgan fingerprint density at radius 2 is 1.98 bits per heavy atom. The summed E-state index contributed by atoms with van der Waals surface area (Å²) in [4.78, 5) is 41.5. The van der Waals surface area contributed by atoms with Gasteiger partial charge >= 0.3 is 5.97 Å². The molecule has 218 valence electrons. The van der Waals surface area contributed by atoms with Crippen molar-refractivity contribution in [2.75, 3.05) is 43.5 Å². The topological polar surface area (TPSA) is 121 Å². The van der Waals surface area contributed by atoms with Crippen LogP contribution < -0.4 is 15.0 Å². The van der Waals surface area contributed by atoms with Gasteiger partial charge in [0.2, 0.25) is 0 Å². The fourth-order valence-electron chi connectivity index (χ4n) is 5.03. The average Bonchev–Trinajstić information content (AvgIpc) is 3.53. The van der Waals surface area contributed by atoms with Gasteiger partial charge in [-0.05, 0) is 31.0 Å². The number of hydrogen-bond acceptors (Lipinski definition) is 9. The van der Waals surface area contributed by atoms with Gasteiger partial charge in [0.15, 0.2) is 5.13 Å². The third-order valence-electron chi connectivity index (χ3n) is 7.27. The molecule has 41 heavy (non-hydrogen) atoms. The molecule has 2 aromatic heterocycles. The molecule has 10 nitrogen and oxygen atoms in total. The Morgan fingerprint density at radius 1 is 1.20 bits per heavy atom. The summed E-state index contributed by atoms with van der Waals surface area (Å²) in [5, 5.41) is 12.1. The highest BCUT2D eigenvalue weighted by Crippen LogP contribution is 2.37. The zero-order chi connectivity index (χ0) is 29.1. The standard InChI is InChI=1S/C27H29F3N6O4S/c1-40-20-3-2-17(10-18(20)11-28)23-21(14-35-9-6-27(29,30)15-35)41-26(33-23)34-24(37)19-12-32-22(13-31-19)36-7-4-16(5-8-36)25(38)39/h2-3,10,12-13,16H,4-9,11,14-15H2,1H3,(H,38,39)(H,33,34,37). The lowest BCUT2D eigenvalue weighted by molar-refractivity contribution is -0.142. The van der Waals surface area contributed by atoms with Crippen LogP contribution in [0.3, 0.4) is 0 Å². The number of hydrogen-bond donors (Lipinski definition) is 2. The van der Waals surface area contributed by atoms with E-state index in [1.165, 1.54) is 19.5 Å². The van der Waals surface area contributed by atoms with Crippen LogP contribution in [0.1, 0.15) is 40.2 Å². The molecule has 0 saturated carbocycles. The molecule has 0 bridgehead atoms. The van der Waals surface area contributed by atoms with Crippen molar-refractivity contribution in [1.29, 1.82) is 0 Å². The number of carbonyl (C=O) groups is 2. The molecule has 0 aliphatic carbocycles. The largest absolute Gasteiger partial charge is 0.496 e. The van der Waals surface area contributed by atoms with Crippen molar-refractivity contribution >= 4 is 34.2 Å². The highest BCUT2D eigenvalue weighted by atomic mass is 32.1. The number of nitrogens with zero attached hydrogens (tertiary/aromatic N) is 5. The predicted molar refractivity (Wildman–Crippen MR) is 146 cm³/mol. The van der Waals surface area contributed by atoms with Crippen molar-refractivity contribution in [3.8, 4) is 17.0 Å². The predicted octanol–water partition coefficient (Wildman–Crippen LogP) is 4.47. The molecule has 3 aromatic rings. The van der Waals surface area contributed by atoms with Crippen LogP contribution in [0.25, 0.3) is 11.3 Å². The highest BCUT2D eigenvalue weighted by molar-refractivity contribution is 7.16. The Hall–Kier alpha value is -3.78. The van der Waals surface area contributed by atoms with Gasteiger partial charge in [-0.2, -0.15) is 0 Å². The fourth-order valence-corrected chi connectivity index (χ4v) is 6.05. The number of nitrogens with one attached hydrogen (secondary N) is 1. The number of carboxylic acids is 1. The van der Waals surface area contributed by atoms with Gasteiger partial charge in [-0.25, -0.2) is 28.1 Å². The number of piperidine rings is 1. The number of benzene rings is 1. The number of amides is 1. The molecule has 2 aliphatic heterocycles. The molecule has 2 aliphatic rings. The van der Waals surface area contributed by atoms with Gasteiger partial charge in [0.05, 0.1) is 37.7 Å². The Morgan fingerprint density at radius 3 is 2.59 bits per heavy atom. The summed E-state index contributed by atoms with van der Waals surface area (Å²) in [7, 11) is 1.44. The number of anilines is 2. The first kappa shape index (κ1) is 28.7. The van der Waals surface area contributed by atoms with E-state index in [0.29, 0.717) is 59.2 Å². The first-order valence-electron chi connectivity index (χ1n) is 13.1. The number of aromatic nitrogens is 3. The summed E-state index contributed by atoms with van der Waals surface area (Å²) in [6.07, 6.45) is 3.59. The van der Waals surface area contributed by atoms with Gasteiger partial charge < -0.3 is 14.7 Å². The van der Waals surface area contributed by atoms with Crippen LogP contribution >= 0.6 is 11.3 Å². The van der Waals surface area contributed by atoms with Crippen LogP contribution in [0.4, 0.5) is 24.1 Å². The smallest absolute Gasteiger partial charge is 0.306 e. The molecule has 2 N–H and O–H groups in total. The molecule has 14 heteroatoms. The lowest BCUT2D eigenvalue weighted by atomic mass is 9.97. The Kier molecular flexibility index (Phi) is 8.40. The van der Waals surface area contributed by atoms with E-state index in [1.54, 1.807) is 23.1 Å². The number of carboxylic acid groups (broad SMARTS) is 1. The van der Waals surface area contributed by atoms with Crippen LogP contribution in [0.15, 0.2) is 30.6 Å². The van der Waals surface area contributed by atoms with E-state index in [9.17, 15) is 27.9 Å². The Balaban J connectivity index is 1.34. The molecule has 0 unspecified atom stereocenters. The second-order valence-electron chi connectivity index (χ2n) is 10.1. The van der Waals surface area contributed by atoms with Crippen molar-refractivity contribution in [2.24, 2.45) is 5.92 Å². The van der Waals surface area contributed by atoms with Gasteiger partial charge in [-0.3, -0.25) is 19.8 Å².